The summed E-state index contributed by atoms with van der Waals surface area (Å²) in [6.07, 6.45) is 9.32. The molecule has 0 fully saturated rings. The molecule has 0 spiro atoms. The zero-order valence-corrected chi connectivity index (χ0v) is 13.4. The fourth-order valence-electron chi connectivity index (χ4n) is 1.96. The molecule has 0 aliphatic heterocycles. The zero-order valence-electron chi connectivity index (χ0n) is 11.8. The van der Waals surface area contributed by atoms with Crippen LogP contribution in [-0.2, 0) is 6.42 Å². The molecular formula is C15H19BrN4. The maximum atomic E-state index is 4.44. The molecule has 5 heteroatoms. The number of nitrogens with one attached hydrogen (secondary N) is 1. The van der Waals surface area contributed by atoms with Crippen LogP contribution in [0.15, 0.2) is 35.3 Å². The number of aromatic nitrogens is 3. The van der Waals surface area contributed by atoms with Crippen LogP contribution in [-0.4, -0.2) is 21.5 Å². The predicted molar refractivity (Wildman–Crippen MR) is 83.4 cm³/mol. The number of halogens is 1. The third-order valence-corrected chi connectivity index (χ3v) is 3.39. The maximum Gasteiger partial charge on any atom is 0.145 e. The van der Waals surface area contributed by atoms with E-state index in [-0.39, 0.29) is 6.04 Å². The number of hydrogen-bond donors (Lipinski definition) is 1. The lowest BCUT2D eigenvalue weighted by molar-refractivity contribution is 0.503. The van der Waals surface area contributed by atoms with E-state index >= 15 is 0 Å². The molecule has 20 heavy (non-hydrogen) atoms. The minimum absolute atomic E-state index is 0.117. The summed E-state index contributed by atoms with van der Waals surface area (Å²) in [5.41, 5.74) is 2.24. The van der Waals surface area contributed by atoms with Crippen molar-refractivity contribution in [1.29, 1.82) is 0 Å². The van der Waals surface area contributed by atoms with E-state index in [9.17, 15) is 0 Å². The molecule has 0 aromatic carbocycles. The van der Waals surface area contributed by atoms with Gasteiger partial charge in [0.2, 0.25) is 0 Å². The number of aryl methyl sites for hydroxylation is 1. The van der Waals surface area contributed by atoms with Gasteiger partial charge in [0.05, 0.1) is 6.04 Å². The minimum atomic E-state index is 0.117. The average molecular weight is 335 g/mol. The van der Waals surface area contributed by atoms with Crippen molar-refractivity contribution in [1.82, 2.24) is 20.3 Å². The molecule has 2 heterocycles. The molecule has 1 unspecified atom stereocenters. The second-order valence-corrected chi connectivity index (χ2v) is 5.76. The van der Waals surface area contributed by atoms with Crippen LogP contribution in [0.3, 0.4) is 0 Å². The lowest BCUT2D eigenvalue weighted by atomic mass is 10.1. The Balaban J connectivity index is 2.16. The Morgan fingerprint density at radius 3 is 2.60 bits per heavy atom. The standard InChI is InChI=1S/C15H19BrN4/c1-3-4-18-14(15-19-7-11(2)8-20-15)6-12-5-13(16)10-17-9-12/h5,7-10,14,18H,3-4,6H2,1-2H3. The predicted octanol–water partition coefficient (Wildman–Crippen LogP) is 3.23. The number of nitrogens with zero attached hydrogens (tertiary/aromatic N) is 3. The first-order valence-corrected chi connectivity index (χ1v) is 7.59. The lowest BCUT2D eigenvalue weighted by Crippen LogP contribution is -2.26. The number of pyridine rings is 1. The van der Waals surface area contributed by atoms with E-state index in [2.05, 4.69) is 49.2 Å². The van der Waals surface area contributed by atoms with Gasteiger partial charge in [0.1, 0.15) is 5.82 Å². The van der Waals surface area contributed by atoms with E-state index in [1.54, 1.807) is 6.20 Å². The quantitative estimate of drug-likeness (QED) is 0.881. The molecule has 0 saturated carbocycles. The molecule has 4 nitrogen and oxygen atoms in total. The van der Waals surface area contributed by atoms with Crippen molar-refractivity contribution in [2.24, 2.45) is 0 Å². The molecule has 1 atom stereocenters. The number of rotatable bonds is 6. The van der Waals surface area contributed by atoms with Crippen LogP contribution in [0, 0.1) is 6.92 Å². The Kier molecular flexibility index (Phi) is 5.61. The second-order valence-electron chi connectivity index (χ2n) is 4.84. The van der Waals surface area contributed by atoms with Crippen molar-refractivity contribution in [3.63, 3.8) is 0 Å². The summed E-state index contributed by atoms with van der Waals surface area (Å²) in [6.45, 7) is 5.10. The molecule has 0 saturated heterocycles. The summed E-state index contributed by atoms with van der Waals surface area (Å²) in [7, 11) is 0. The molecule has 0 amide bonds. The van der Waals surface area contributed by atoms with Gasteiger partial charge in [-0.05, 0) is 59.4 Å². The summed E-state index contributed by atoms with van der Waals surface area (Å²) >= 11 is 3.46. The Bertz CT molecular complexity index is 542. The summed E-state index contributed by atoms with van der Waals surface area (Å²) in [4.78, 5) is 13.1. The second kappa shape index (κ2) is 7.45. The van der Waals surface area contributed by atoms with Crippen LogP contribution in [0.5, 0.6) is 0 Å². The largest absolute Gasteiger partial charge is 0.307 e. The normalized spacial score (nSPS) is 12.3. The molecular weight excluding hydrogens is 316 g/mol. The van der Waals surface area contributed by atoms with Crippen molar-refractivity contribution >= 4 is 15.9 Å². The van der Waals surface area contributed by atoms with Gasteiger partial charge in [0, 0.05) is 29.3 Å². The van der Waals surface area contributed by atoms with Crippen LogP contribution < -0.4 is 5.32 Å². The summed E-state index contributed by atoms with van der Waals surface area (Å²) in [5.74, 6) is 0.837. The molecule has 106 valence electrons. The van der Waals surface area contributed by atoms with Crippen molar-refractivity contribution in [2.45, 2.75) is 32.7 Å². The van der Waals surface area contributed by atoms with Crippen LogP contribution in [0.2, 0.25) is 0 Å². The summed E-state index contributed by atoms with van der Waals surface area (Å²) in [6, 6.07) is 2.20. The maximum absolute atomic E-state index is 4.44. The summed E-state index contributed by atoms with van der Waals surface area (Å²) < 4.78 is 0.995. The van der Waals surface area contributed by atoms with Gasteiger partial charge in [-0.25, -0.2) is 9.97 Å². The molecule has 0 bridgehead atoms. The van der Waals surface area contributed by atoms with Gasteiger partial charge in [-0.1, -0.05) is 6.92 Å². The van der Waals surface area contributed by atoms with E-state index in [1.165, 1.54) is 0 Å². The highest BCUT2D eigenvalue weighted by molar-refractivity contribution is 9.10. The smallest absolute Gasteiger partial charge is 0.145 e. The summed E-state index contributed by atoms with van der Waals surface area (Å²) in [5, 5.41) is 3.51. The Morgan fingerprint density at radius 2 is 1.95 bits per heavy atom. The van der Waals surface area contributed by atoms with Crippen LogP contribution in [0.1, 0.15) is 36.3 Å². The molecule has 2 aromatic rings. The highest BCUT2D eigenvalue weighted by atomic mass is 79.9. The fraction of sp³-hybridized carbons (Fsp3) is 0.400. The van der Waals surface area contributed by atoms with Crippen LogP contribution >= 0.6 is 15.9 Å². The molecule has 0 aliphatic rings. The van der Waals surface area contributed by atoms with Gasteiger partial charge >= 0.3 is 0 Å². The van der Waals surface area contributed by atoms with Crippen molar-refractivity contribution < 1.29 is 0 Å². The Labute approximate surface area is 128 Å². The van der Waals surface area contributed by atoms with Gasteiger partial charge < -0.3 is 5.32 Å². The van der Waals surface area contributed by atoms with E-state index in [0.717, 1.165) is 40.8 Å². The number of hydrogen-bond acceptors (Lipinski definition) is 4. The minimum Gasteiger partial charge on any atom is -0.307 e. The fourth-order valence-corrected chi connectivity index (χ4v) is 2.37. The molecule has 1 N–H and O–H groups in total. The Morgan fingerprint density at radius 1 is 1.20 bits per heavy atom. The van der Waals surface area contributed by atoms with Gasteiger partial charge in [-0.3, -0.25) is 4.98 Å². The van der Waals surface area contributed by atoms with Gasteiger partial charge in [0.15, 0.2) is 0 Å². The molecule has 0 radical (unpaired) electrons. The zero-order chi connectivity index (χ0) is 14.4. The van der Waals surface area contributed by atoms with Crippen LogP contribution in [0.25, 0.3) is 0 Å². The van der Waals surface area contributed by atoms with E-state index in [4.69, 9.17) is 0 Å². The molecule has 2 aromatic heterocycles. The first-order valence-electron chi connectivity index (χ1n) is 6.80. The molecule has 2 rings (SSSR count). The van der Waals surface area contributed by atoms with Crippen molar-refractivity contribution in [3.05, 3.63) is 52.3 Å². The monoisotopic (exact) mass is 334 g/mol. The van der Waals surface area contributed by atoms with E-state index in [1.807, 2.05) is 25.5 Å². The van der Waals surface area contributed by atoms with Crippen molar-refractivity contribution in [2.75, 3.05) is 6.54 Å². The third kappa shape index (κ3) is 4.35. The average Bonchev–Trinajstić information content (AvgIpc) is 2.44. The van der Waals surface area contributed by atoms with Gasteiger partial charge in [0.25, 0.3) is 0 Å². The first-order chi connectivity index (χ1) is 9.69. The lowest BCUT2D eigenvalue weighted by Gasteiger charge is -2.17. The van der Waals surface area contributed by atoms with Crippen LogP contribution in [0.4, 0.5) is 0 Å². The Hall–Kier alpha value is -1.33. The highest BCUT2D eigenvalue weighted by Crippen LogP contribution is 2.17. The van der Waals surface area contributed by atoms with Crippen molar-refractivity contribution in [3.8, 4) is 0 Å². The van der Waals surface area contributed by atoms with Gasteiger partial charge in [-0.15, -0.1) is 0 Å². The highest BCUT2D eigenvalue weighted by Gasteiger charge is 2.14. The molecule has 0 aliphatic carbocycles. The SMILES string of the molecule is CCCNC(Cc1cncc(Br)c1)c1ncc(C)cn1. The van der Waals surface area contributed by atoms with Gasteiger partial charge in [-0.2, -0.15) is 0 Å². The first kappa shape index (κ1) is 15.1. The topological polar surface area (TPSA) is 50.7 Å². The van der Waals surface area contributed by atoms with E-state index in [0.29, 0.717) is 0 Å². The van der Waals surface area contributed by atoms with E-state index < -0.39 is 0 Å². The third-order valence-electron chi connectivity index (χ3n) is 2.95.